The van der Waals surface area contributed by atoms with Crippen LogP contribution in [-0.4, -0.2) is 17.2 Å². The van der Waals surface area contributed by atoms with E-state index in [2.05, 4.69) is 0 Å². The van der Waals surface area contributed by atoms with Crippen molar-refractivity contribution in [3.05, 3.63) is 40.9 Å². The van der Waals surface area contributed by atoms with E-state index >= 15 is 0 Å². The van der Waals surface area contributed by atoms with Crippen LogP contribution in [0.25, 0.3) is 6.08 Å². The first-order valence-electron chi connectivity index (χ1n) is 4.77. The third-order valence-corrected chi connectivity index (χ3v) is 2.27. The van der Waals surface area contributed by atoms with E-state index < -0.39 is 7.12 Å². The molecule has 1 rings (SSSR count). The van der Waals surface area contributed by atoms with Crippen molar-refractivity contribution in [3.8, 4) is 0 Å². The summed E-state index contributed by atoms with van der Waals surface area (Å²) in [6.45, 7) is 3.91. The van der Waals surface area contributed by atoms with Gasteiger partial charge in [-0.2, -0.15) is 0 Å². The highest BCUT2D eigenvalue weighted by Crippen LogP contribution is 2.14. The summed E-state index contributed by atoms with van der Waals surface area (Å²) in [5.74, 6) is 0. The van der Waals surface area contributed by atoms with Crippen LogP contribution in [0.2, 0.25) is 0 Å². The van der Waals surface area contributed by atoms with Gasteiger partial charge in [-0.15, -0.1) is 0 Å². The minimum atomic E-state index is -1.35. The van der Waals surface area contributed by atoms with E-state index in [0.717, 1.165) is 11.1 Å². The largest absolute Gasteiger partial charge is 0.484 e. The highest BCUT2D eigenvalue weighted by atomic mass is 16.4. The maximum Gasteiger partial charge on any atom is 0.484 e. The van der Waals surface area contributed by atoms with E-state index in [9.17, 15) is 0 Å². The van der Waals surface area contributed by atoms with Gasteiger partial charge in [0, 0.05) is 0 Å². The van der Waals surface area contributed by atoms with E-state index in [1.54, 1.807) is 0 Å². The average Bonchev–Trinajstić information content (AvgIpc) is 2.16. The van der Waals surface area contributed by atoms with E-state index in [1.807, 2.05) is 44.2 Å². The molecule has 0 heterocycles. The number of benzene rings is 1. The van der Waals surface area contributed by atoms with Gasteiger partial charge in [-0.05, 0) is 29.9 Å². The Hall–Kier alpha value is -1.06. The molecule has 3 heteroatoms. The fraction of sp³-hybridized carbons (Fsp3) is 0.273. The van der Waals surface area contributed by atoms with Crippen molar-refractivity contribution in [1.82, 2.24) is 0 Å². The van der Waals surface area contributed by atoms with Gasteiger partial charge in [0.05, 0.1) is 0 Å². The summed E-state index contributed by atoms with van der Waals surface area (Å²) in [5, 5.41) is 18.1. The van der Waals surface area contributed by atoms with Crippen LogP contribution in [0.15, 0.2) is 29.7 Å². The molecule has 0 aliphatic rings. The van der Waals surface area contributed by atoms with E-state index in [4.69, 9.17) is 10.0 Å². The Morgan fingerprint density at radius 2 is 2.00 bits per heavy atom. The molecule has 0 aliphatic heterocycles. The second-order valence-corrected chi connectivity index (χ2v) is 3.30. The van der Waals surface area contributed by atoms with Crippen molar-refractivity contribution >= 4 is 13.2 Å². The first-order valence-corrected chi connectivity index (χ1v) is 4.77. The summed E-state index contributed by atoms with van der Waals surface area (Å²) in [4.78, 5) is 0. The Labute approximate surface area is 85.0 Å². The van der Waals surface area contributed by atoms with E-state index in [-0.39, 0.29) is 0 Å². The van der Waals surface area contributed by atoms with Gasteiger partial charge in [-0.25, -0.2) is 0 Å². The zero-order chi connectivity index (χ0) is 10.6. The van der Waals surface area contributed by atoms with Crippen molar-refractivity contribution in [2.45, 2.75) is 20.3 Å². The predicted octanol–water partition coefficient (Wildman–Crippen LogP) is 1.80. The second kappa shape index (κ2) is 4.98. The Kier molecular flexibility index (Phi) is 3.92. The van der Waals surface area contributed by atoms with E-state index in [1.165, 1.54) is 0 Å². The SMILES string of the molecule is CC/C(=C\c1ccccc1C)B(O)O. The predicted molar refractivity (Wildman–Crippen MR) is 59.6 cm³/mol. The van der Waals surface area contributed by atoms with Crippen molar-refractivity contribution < 1.29 is 10.0 Å². The lowest BCUT2D eigenvalue weighted by Crippen LogP contribution is -2.14. The molecule has 2 N–H and O–H groups in total. The molecule has 1 aromatic rings. The lowest BCUT2D eigenvalue weighted by molar-refractivity contribution is 0.417. The third kappa shape index (κ3) is 2.72. The molecule has 0 saturated carbocycles. The van der Waals surface area contributed by atoms with Crippen molar-refractivity contribution in [2.75, 3.05) is 0 Å². The van der Waals surface area contributed by atoms with Gasteiger partial charge in [0.2, 0.25) is 0 Å². The maximum absolute atomic E-state index is 9.05. The highest BCUT2D eigenvalue weighted by molar-refractivity contribution is 6.51. The Balaban J connectivity index is 3.00. The zero-order valence-corrected chi connectivity index (χ0v) is 8.57. The van der Waals surface area contributed by atoms with Crippen molar-refractivity contribution in [1.29, 1.82) is 0 Å². The topological polar surface area (TPSA) is 40.5 Å². The lowest BCUT2D eigenvalue weighted by atomic mass is 9.76. The van der Waals surface area contributed by atoms with Gasteiger partial charge >= 0.3 is 7.12 Å². The highest BCUT2D eigenvalue weighted by Gasteiger charge is 2.12. The summed E-state index contributed by atoms with van der Waals surface area (Å²) in [6, 6.07) is 7.87. The lowest BCUT2D eigenvalue weighted by Gasteiger charge is -2.04. The van der Waals surface area contributed by atoms with Crippen LogP contribution in [-0.2, 0) is 0 Å². The van der Waals surface area contributed by atoms with Gasteiger partial charge < -0.3 is 10.0 Å². The zero-order valence-electron chi connectivity index (χ0n) is 8.57. The molecule has 0 unspecified atom stereocenters. The minimum absolute atomic E-state index is 0.638. The van der Waals surface area contributed by atoms with Crippen LogP contribution >= 0.6 is 0 Å². The fourth-order valence-corrected chi connectivity index (χ4v) is 1.31. The molecule has 2 nitrogen and oxygen atoms in total. The summed E-state index contributed by atoms with van der Waals surface area (Å²) in [6.07, 6.45) is 2.48. The normalized spacial score (nSPS) is 11.6. The number of allylic oxidation sites excluding steroid dienone is 1. The molecule has 0 saturated heterocycles. The molecule has 0 aromatic heterocycles. The van der Waals surface area contributed by atoms with Crippen LogP contribution in [0.5, 0.6) is 0 Å². The third-order valence-electron chi connectivity index (χ3n) is 2.27. The summed E-state index contributed by atoms with van der Waals surface area (Å²) in [5.41, 5.74) is 2.82. The van der Waals surface area contributed by atoms with Crippen molar-refractivity contribution in [3.63, 3.8) is 0 Å². The van der Waals surface area contributed by atoms with Crippen LogP contribution < -0.4 is 0 Å². The molecule has 74 valence electrons. The molecule has 1 aromatic carbocycles. The average molecular weight is 190 g/mol. The summed E-state index contributed by atoms with van der Waals surface area (Å²) >= 11 is 0. The number of rotatable bonds is 3. The Bertz CT molecular complexity index is 332. The van der Waals surface area contributed by atoms with Crippen LogP contribution in [0, 0.1) is 6.92 Å². The molecular formula is C11H15BO2. The smallest absolute Gasteiger partial charge is 0.423 e. The summed E-state index contributed by atoms with van der Waals surface area (Å²) < 4.78 is 0. The Morgan fingerprint density at radius 1 is 1.36 bits per heavy atom. The molecule has 0 aliphatic carbocycles. The van der Waals surface area contributed by atoms with Crippen molar-refractivity contribution in [2.24, 2.45) is 0 Å². The number of aryl methyl sites for hydroxylation is 1. The molecule has 14 heavy (non-hydrogen) atoms. The molecule has 0 fully saturated rings. The molecule has 0 bridgehead atoms. The molecule has 0 spiro atoms. The van der Waals surface area contributed by atoms with Gasteiger partial charge in [0.1, 0.15) is 0 Å². The monoisotopic (exact) mass is 190 g/mol. The first kappa shape index (κ1) is 11.0. The molecular weight excluding hydrogens is 175 g/mol. The van der Waals surface area contributed by atoms with Gasteiger partial charge in [-0.3, -0.25) is 0 Å². The molecule has 0 amide bonds. The van der Waals surface area contributed by atoms with Gasteiger partial charge in [0.15, 0.2) is 0 Å². The van der Waals surface area contributed by atoms with Crippen LogP contribution in [0.4, 0.5) is 0 Å². The minimum Gasteiger partial charge on any atom is -0.423 e. The fourth-order valence-electron chi connectivity index (χ4n) is 1.31. The number of hydrogen-bond donors (Lipinski definition) is 2. The number of hydrogen-bond acceptors (Lipinski definition) is 2. The standard InChI is InChI=1S/C11H15BO2/c1-3-11(12(13)14)8-10-7-5-4-6-9(10)2/h4-8,13-14H,3H2,1-2H3/b11-8+. The first-order chi connectivity index (χ1) is 6.65. The Morgan fingerprint density at radius 3 is 2.50 bits per heavy atom. The summed E-state index contributed by atoms with van der Waals surface area (Å²) in [7, 11) is -1.35. The maximum atomic E-state index is 9.05. The van der Waals surface area contributed by atoms with Gasteiger partial charge in [0.25, 0.3) is 0 Å². The molecule has 0 atom stereocenters. The van der Waals surface area contributed by atoms with E-state index in [0.29, 0.717) is 11.9 Å². The molecule has 0 radical (unpaired) electrons. The van der Waals surface area contributed by atoms with Crippen LogP contribution in [0.3, 0.4) is 0 Å². The van der Waals surface area contributed by atoms with Gasteiger partial charge in [-0.1, -0.05) is 37.3 Å². The van der Waals surface area contributed by atoms with Crippen LogP contribution in [0.1, 0.15) is 24.5 Å². The quantitative estimate of drug-likeness (QED) is 0.713. The second-order valence-electron chi connectivity index (χ2n) is 3.30.